The molecule has 3 aromatic rings. The van der Waals surface area contributed by atoms with Gasteiger partial charge in [0.1, 0.15) is 5.82 Å². The van der Waals surface area contributed by atoms with Crippen LogP contribution >= 0.6 is 11.3 Å². The lowest BCUT2D eigenvalue weighted by atomic mass is 10.2. The molecule has 1 aromatic carbocycles. The number of fused-ring (bicyclic) bond motifs is 1. The van der Waals surface area contributed by atoms with Gasteiger partial charge in [0.15, 0.2) is 10.9 Å². The Labute approximate surface area is 137 Å². The monoisotopic (exact) mass is 331 g/mol. The molecule has 0 spiro atoms. The van der Waals surface area contributed by atoms with Crippen LogP contribution in [0.2, 0.25) is 0 Å². The molecule has 23 heavy (non-hydrogen) atoms. The Kier molecular flexibility index (Phi) is 4.87. The van der Waals surface area contributed by atoms with Crippen LogP contribution in [0.5, 0.6) is 0 Å². The van der Waals surface area contributed by atoms with Crippen LogP contribution < -0.4 is 10.6 Å². The van der Waals surface area contributed by atoms with Gasteiger partial charge >= 0.3 is 0 Å². The van der Waals surface area contributed by atoms with Crippen molar-refractivity contribution in [3.63, 3.8) is 0 Å². The summed E-state index contributed by atoms with van der Waals surface area (Å²) in [6.07, 6.45) is 3.99. The van der Waals surface area contributed by atoms with E-state index < -0.39 is 0 Å². The van der Waals surface area contributed by atoms with Crippen LogP contribution in [-0.4, -0.2) is 21.9 Å². The molecule has 120 valence electrons. The van der Waals surface area contributed by atoms with Crippen molar-refractivity contribution >= 4 is 22.3 Å². The number of rotatable bonds is 5. The Hall–Kier alpha value is -2.41. The molecule has 0 aliphatic rings. The summed E-state index contributed by atoms with van der Waals surface area (Å²) in [4.78, 5) is 10.0. The molecule has 2 heterocycles. The fraction of sp³-hybridized carbons (Fsp3) is 0.250. The van der Waals surface area contributed by atoms with Crippen LogP contribution in [0, 0.1) is 5.82 Å². The van der Waals surface area contributed by atoms with Crippen molar-refractivity contribution in [1.82, 2.24) is 20.0 Å². The largest absolute Gasteiger partial charge is 0.357 e. The molecule has 7 heteroatoms. The van der Waals surface area contributed by atoms with E-state index in [9.17, 15) is 4.39 Å². The number of hydrogen-bond donors (Lipinski definition) is 2. The highest BCUT2D eigenvalue weighted by molar-refractivity contribution is 7.15. The van der Waals surface area contributed by atoms with Crippen LogP contribution in [-0.2, 0) is 13.1 Å². The fourth-order valence-electron chi connectivity index (χ4n) is 2.14. The molecule has 0 aliphatic carbocycles. The molecule has 0 radical (unpaired) electrons. The summed E-state index contributed by atoms with van der Waals surface area (Å²) in [5, 5.41) is 8.47. The van der Waals surface area contributed by atoms with Crippen molar-refractivity contribution in [2.75, 3.05) is 6.54 Å². The Bertz CT molecular complexity index is 762. The van der Waals surface area contributed by atoms with Crippen molar-refractivity contribution < 1.29 is 4.39 Å². The molecule has 0 aliphatic heterocycles. The van der Waals surface area contributed by atoms with Gasteiger partial charge in [-0.1, -0.05) is 12.1 Å². The summed E-state index contributed by atoms with van der Waals surface area (Å²) in [5.41, 5.74) is 1.93. The number of thiazole rings is 1. The molecular formula is C16H18FN5S. The summed E-state index contributed by atoms with van der Waals surface area (Å²) >= 11 is 1.61. The number of nitrogens with one attached hydrogen (secondary N) is 2. The molecule has 5 nitrogen and oxygen atoms in total. The summed E-state index contributed by atoms with van der Waals surface area (Å²) in [6.45, 7) is 3.88. The highest BCUT2D eigenvalue weighted by atomic mass is 32.1. The van der Waals surface area contributed by atoms with E-state index in [1.807, 2.05) is 29.1 Å². The zero-order valence-electron chi connectivity index (χ0n) is 12.8. The topological polar surface area (TPSA) is 53.7 Å². The Morgan fingerprint density at radius 3 is 2.87 bits per heavy atom. The molecule has 2 aromatic heterocycles. The molecule has 2 N–H and O–H groups in total. The first-order valence-electron chi connectivity index (χ1n) is 7.42. The van der Waals surface area contributed by atoms with E-state index in [4.69, 9.17) is 0 Å². The number of nitrogens with zero attached hydrogens (tertiary/aromatic N) is 3. The average molecular weight is 331 g/mol. The van der Waals surface area contributed by atoms with Crippen molar-refractivity contribution in [2.45, 2.75) is 20.0 Å². The Balaban J connectivity index is 1.62. The van der Waals surface area contributed by atoms with E-state index in [1.165, 1.54) is 12.1 Å². The maximum Gasteiger partial charge on any atom is 0.193 e. The van der Waals surface area contributed by atoms with Crippen LogP contribution in [0.25, 0.3) is 4.96 Å². The average Bonchev–Trinajstić information content (AvgIpc) is 3.13. The second kappa shape index (κ2) is 7.23. The number of benzene rings is 1. The highest BCUT2D eigenvalue weighted by Gasteiger charge is 2.04. The maximum absolute atomic E-state index is 12.9. The van der Waals surface area contributed by atoms with Gasteiger partial charge in [0.2, 0.25) is 0 Å². The standard InChI is InChI=1S/C16H18FN5S/c1-2-18-15(19-9-12-3-5-13(17)6-4-12)20-10-14-11-22-7-8-23-16(22)21-14/h3-8,11H,2,9-10H2,1H3,(H2,18,19,20). The van der Waals surface area contributed by atoms with Gasteiger partial charge in [-0.05, 0) is 24.6 Å². The van der Waals surface area contributed by atoms with E-state index in [2.05, 4.69) is 20.6 Å². The SMILES string of the molecule is CCNC(=NCc1ccc(F)cc1)NCc1cn2ccsc2n1. The first-order chi connectivity index (χ1) is 11.2. The summed E-state index contributed by atoms with van der Waals surface area (Å²) < 4.78 is 14.9. The normalized spacial score (nSPS) is 11.8. The number of halogens is 1. The number of aliphatic imine (C=N–C) groups is 1. The zero-order chi connectivity index (χ0) is 16.1. The molecule has 0 bridgehead atoms. The van der Waals surface area contributed by atoms with Crippen molar-refractivity contribution in [1.29, 1.82) is 0 Å². The van der Waals surface area contributed by atoms with Gasteiger partial charge in [-0.25, -0.2) is 14.4 Å². The second-order valence-corrected chi connectivity index (χ2v) is 5.87. The van der Waals surface area contributed by atoms with Crippen molar-refractivity contribution in [3.8, 4) is 0 Å². The summed E-state index contributed by atoms with van der Waals surface area (Å²) in [6, 6.07) is 6.38. The minimum Gasteiger partial charge on any atom is -0.357 e. The van der Waals surface area contributed by atoms with Crippen LogP contribution in [0.4, 0.5) is 4.39 Å². The maximum atomic E-state index is 12.9. The molecule has 0 fully saturated rings. The first-order valence-corrected chi connectivity index (χ1v) is 8.30. The third kappa shape index (κ3) is 4.07. The highest BCUT2D eigenvalue weighted by Crippen LogP contribution is 2.11. The van der Waals surface area contributed by atoms with Gasteiger partial charge in [0, 0.05) is 24.3 Å². The predicted molar refractivity (Wildman–Crippen MR) is 91.1 cm³/mol. The second-order valence-electron chi connectivity index (χ2n) is 5.00. The van der Waals surface area contributed by atoms with Crippen LogP contribution in [0.1, 0.15) is 18.2 Å². The lowest BCUT2D eigenvalue weighted by Crippen LogP contribution is -2.36. The summed E-state index contributed by atoms with van der Waals surface area (Å²) in [7, 11) is 0. The van der Waals surface area contributed by atoms with Gasteiger partial charge in [-0.15, -0.1) is 11.3 Å². The summed E-state index contributed by atoms with van der Waals surface area (Å²) in [5.74, 6) is 0.482. The van der Waals surface area contributed by atoms with Gasteiger partial charge in [0.25, 0.3) is 0 Å². The number of aromatic nitrogens is 2. The molecule has 0 saturated carbocycles. The van der Waals surface area contributed by atoms with Gasteiger partial charge < -0.3 is 10.6 Å². The molecule has 0 atom stereocenters. The van der Waals surface area contributed by atoms with Gasteiger partial charge in [-0.2, -0.15) is 0 Å². The third-order valence-electron chi connectivity index (χ3n) is 3.26. The zero-order valence-corrected chi connectivity index (χ0v) is 13.6. The van der Waals surface area contributed by atoms with E-state index in [0.717, 1.165) is 22.8 Å². The molecule has 0 amide bonds. The molecule has 0 saturated heterocycles. The van der Waals surface area contributed by atoms with E-state index in [-0.39, 0.29) is 5.82 Å². The molecular weight excluding hydrogens is 313 g/mol. The van der Waals surface area contributed by atoms with Gasteiger partial charge in [0.05, 0.1) is 18.8 Å². The smallest absolute Gasteiger partial charge is 0.193 e. The molecule has 3 rings (SSSR count). The predicted octanol–water partition coefficient (Wildman–Crippen LogP) is 2.79. The number of guanidine groups is 1. The van der Waals surface area contributed by atoms with Crippen LogP contribution in [0.3, 0.4) is 0 Å². The first kappa shape index (κ1) is 15.5. The van der Waals surface area contributed by atoms with Crippen molar-refractivity contribution in [3.05, 3.63) is 59.1 Å². The lowest BCUT2D eigenvalue weighted by molar-refractivity contribution is 0.627. The third-order valence-corrected chi connectivity index (χ3v) is 4.03. The Morgan fingerprint density at radius 2 is 2.13 bits per heavy atom. The quantitative estimate of drug-likeness (QED) is 0.558. The number of imidazole rings is 1. The van der Waals surface area contributed by atoms with E-state index in [0.29, 0.717) is 19.0 Å². The van der Waals surface area contributed by atoms with E-state index >= 15 is 0 Å². The fourth-order valence-corrected chi connectivity index (χ4v) is 2.86. The van der Waals surface area contributed by atoms with E-state index in [1.54, 1.807) is 23.5 Å². The van der Waals surface area contributed by atoms with Crippen LogP contribution in [0.15, 0.2) is 47.0 Å². The number of hydrogen-bond acceptors (Lipinski definition) is 3. The molecule has 0 unspecified atom stereocenters. The Morgan fingerprint density at radius 1 is 1.30 bits per heavy atom. The minimum absolute atomic E-state index is 0.234. The van der Waals surface area contributed by atoms with Crippen molar-refractivity contribution in [2.24, 2.45) is 4.99 Å². The van der Waals surface area contributed by atoms with Gasteiger partial charge in [-0.3, -0.25) is 4.40 Å². The minimum atomic E-state index is -0.234. The lowest BCUT2D eigenvalue weighted by Gasteiger charge is -2.10.